The third-order valence-electron chi connectivity index (χ3n) is 3.36. The van der Waals surface area contributed by atoms with Crippen LogP contribution in [0.25, 0.3) is 11.4 Å². The molecule has 0 aliphatic rings. The van der Waals surface area contributed by atoms with Gasteiger partial charge in [0.2, 0.25) is 11.6 Å². The summed E-state index contributed by atoms with van der Waals surface area (Å²) in [6.07, 6.45) is -3.10. The Labute approximate surface area is 151 Å². The van der Waals surface area contributed by atoms with E-state index in [1.807, 2.05) is 14.1 Å². The maximum Gasteiger partial charge on any atom is 0.471 e. The molecule has 0 aliphatic carbocycles. The van der Waals surface area contributed by atoms with Crippen LogP contribution in [0.4, 0.5) is 13.2 Å². The Balaban J connectivity index is 1.72. The Bertz CT molecular complexity index is 916. The second-order valence-corrected chi connectivity index (χ2v) is 5.97. The molecule has 2 heterocycles. The highest BCUT2D eigenvalue weighted by atomic mass is 32.1. The van der Waals surface area contributed by atoms with Crippen LogP contribution in [-0.4, -0.2) is 48.9 Å². The number of hydrogen-bond acceptors (Lipinski definition) is 6. The summed E-state index contributed by atoms with van der Waals surface area (Å²) in [6, 6.07) is 6.71. The van der Waals surface area contributed by atoms with E-state index in [1.165, 1.54) is 0 Å². The van der Waals surface area contributed by atoms with E-state index in [-0.39, 0.29) is 5.82 Å². The van der Waals surface area contributed by atoms with Gasteiger partial charge in [0.05, 0.1) is 6.54 Å². The van der Waals surface area contributed by atoms with Gasteiger partial charge in [0.15, 0.2) is 0 Å². The molecular formula is C15H13F3N6OS. The Kier molecular flexibility index (Phi) is 4.72. The van der Waals surface area contributed by atoms with Gasteiger partial charge in [-0.3, -0.25) is 0 Å². The van der Waals surface area contributed by atoms with Crippen LogP contribution in [0.1, 0.15) is 17.3 Å². The van der Waals surface area contributed by atoms with Gasteiger partial charge in [-0.25, -0.2) is 9.67 Å². The van der Waals surface area contributed by atoms with Crippen LogP contribution >= 0.6 is 12.2 Å². The van der Waals surface area contributed by atoms with E-state index in [2.05, 4.69) is 24.7 Å². The lowest BCUT2D eigenvalue weighted by molar-refractivity contribution is -0.159. The van der Waals surface area contributed by atoms with Crippen LogP contribution in [0.2, 0.25) is 0 Å². The Morgan fingerprint density at radius 2 is 1.92 bits per heavy atom. The van der Waals surface area contributed by atoms with Crippen molar-refractivity contribution < 1.29 is 17.7 Å². The van der Waals surface area contributed by atoms with Crippen molar-refractivity contribution in [3.05, 3.63) is 47.9 Å². The monoisotopic (exact) mass is 382 g/mol. The highest BCUT2D eigenvalue weighted by Crippen LogP contribution is 2.29. The topological polar surface area (TPSA) is 72.9 Å². The molecule has 3 rings (SSSR count). The average molecular weight is 382 g/mol. The second kappa shape index (κ2) is 6.83. The normalized spacial score (nSPS) is 11.6. The average Bonchev–Trinajstić information content (AvgIpc) is 3.24. The lowest BCUT2D eigenvalue weighted by Crippen LogP contribution is -2.22. The summed E-state index contributed by atoms with van der Waals surface area (Å²) in [7, 11) is 3.62. The van der Waals surface area contributed by atoms with Crippen molar-refractivity contribution >= 4 is 17.2 Å². The third kappa shape index (κ3) is 3.87. The quantitative estimate of drug-likeness (QED) is 0.642. The summed E-state index contributed by atoms with van der Waals surface area (Å²) in [5.74, 6) is -1.04. The summed E-state index contributed by atoms with van der Waals surface area (Å²) in [5.41, 5.74) is 1.29. The Morgan fingerprint density at radius 3 is 2.50 bits per heavy atom. The molecule has 11 heteroatoms. The minimum atomic E-state index is -4.66. The molecule has 26 heavy (non-hydrogen) atoms. The largest absolute Gasteiger partial charge is 0.471 e. The number of aromatic nitrogens is 5. The molecule has 1 aromatic carbocycles. The van der Waals surface area contributed by atoms with Crippen molar-refractivity contribution in [2.75, 3.05) is 14.1 Å². The number of halogens is 3. The molecule has 0 saturated heterocycles. The Hall–Kier alpha value is -2.82. The molecule has 0 spiro atoms. The van der Waals surface area contributed by atoms with Crippen LogP contribution in [0.5, 0.6) is 0 Å². The third-order valence-corrected chi connectivity index (χ3v) is 3.91. The van der Waals surface area contributed by atoms with Crippen molar-refractivity contribution in [1.29, 1.82) is 0 Å². The molecule has 0 radical (unpaired) electrons. The summed E-state index contributed by atoms with van der Waals surface area (Å²) in [4.78, 5) is 9.77. The van der Waals surface area contributed by atoms with Gasteiger partial charge in [-0.05, 0) is 5.56 Å². The predicted molar refractivity (Wildman–Crippen MR) is 89.2 cm³/mol. The first-order valence-corrected chi connectivity index (χ1v) is 7.76. The van der Waals surface area contributed by atoms with Gasteiger partial charge in [-0.2, -0.15) is 18.2 Å². The van der Waals surface area contributed by atoms with Gasteiger partial charge in [0, 0.05) is 19.7 Å². The Morgan fingerprint density at radius 1 is 1.23 bits per heavy atom. The molecule has 0 atom stereocenters. The molecule has 2 aromatic heterocycles. The highest BCUT2D eigenvalue weighted by molar-refractivity contribution is 7.80. The molecule has 0 N–H and O–H groups in total. The van der Waals surface area contributed by atoms with E-state index in [0.717, 1.165) is 5.56 Å². The predicted octanol–water partition coefficient (Wildman–Crippen LogP) is 2.63. The zero-order valence-electron chi connectivity index (χ0n) is 13.7. The number of thiocarbonyl (C=S) groups is 1. The van der Waals surface area contributed by atoms with Crippen LogP contribution in [0, 0.1) is 0 Å². The SMILES string of the molecule is CN(C)C(=S)c1ncn(Cc2ccc(-c3noc(C(F)(F)F)n3)cc2)n1. The minimum absolute atomic E-state index is 0.122. The van der Waals surface area contributed by atoms with Gasteiger partial charge in [-0.1, -0.05) is 41.6 Å². The lowest BCUT2D eigenvalue weighted by atomic mass is 10.1. The number of benzene rings is 1. The summed E-state index contributed by atoms with van der Waals surface area (Å²) in [6.45, 7) is 0.434. The first kappa shape index (κ1) is 18.0. The summed E-state index contributed by atoms with van der Waals surface area (Å²) >= 11 is 5.21. The zero-order valence-corrected chi connectivity index (χ0v) is 14.5. The number of hydrogen-bond donors (Lipinski definition) is 0. The number of nitrogens with zero attached hydrogens (tertiary/aromatic N) is 6. The first-order chi connectivity index (χ1) is 12.2. The van der Waals surface area contributed by atoms with E-state index in [1.54, 1.807) is 40.2 Å². The van der Waals surface area contributed by atoms with Crippen LogP contribution in [0.3, 0.4) is 0 Å². The maximum absolute atomic E-state index is 12.5. The van der Waals surface area contributed by atoms with Crippen molar-refractivity contribution in [1.82, 2.24) is 29.8 Å². The van der Waals surface area contributed by atoms with E-state index in [0.29, 0.717) is 22.9 Å². The highest BCUT2D eigenvalue weighted by Gasteiger charge is 2.38. The number of rotatable bonds is 4. The maximum atomic E-state index is 12.5. The summed E-state index contributed by atoms with van der Waals surface area (Å²) in [5, 5.41) is 7.65. The van der Waals surface area contributed by atoms with Crippen molar-refractivity contribution in [2.24, 2.45) is 0 Å². The first-order valence-electron chi connectivity index (χ1n) is 7.35. The molecule has 0 aliphatic heterocycles. The molecule has 0 fully saturated rings. The van der Waals surface area contributed by atoms with Gasteiger partial charge >= 0.3 is 12.1 Å². The van der Waals surface area contributed by atoms with Crippen LogP contribution < -0.4 is 0 Å². The minimum Gasteiger partial charge on any atom is -0.366 e. The molecule has 136 valence electrons. The van der Waals surface area contributed by atoms with Gasteiger partial charge in [0.25, 0.3) is 0 Å². The fourth-order valence-corrected chi connectivity index (χ4v) is 2.16. The van der Waals surface area contributed by atoms with Gasteiger partial charge in [-0.15, -0.1) is 5.10 Å². The standard InChI is InChI=1S/C15H13F3N6OS/c1-23(2)13(26)12-19-8-24(21-12)7-9-3-5-10(6-4-9)11-20-14(25-22-11)15(16,17)18/h3-6,8H,7H2,1-2H3. The van der Waals surface area contributed by atoms with Crippen LogP contribution in [-0.2, 0) is 12.7 Å². The van der Waals surface area contributed by atoms with Gasteiger partial charge < -0.3 is 9.42 Å². The van der Waals surface area contributed by atoms with E-state index in [4.69, 9.17) is 12.2 Å². The molecule has 0 saturated carbocycles. The van der Waals surface area contributed by atoms with Crippen molar-refractivity contribution in [3.63, 3.8) is 0 Å². The van der Waals surface area contributed by atoms with E-state index < -0.39 is 12.1 Å². The molecule has 0 bridgehead atoms. The summed E-state index contributed by atoms with van der Waals surface area (Å²) < 4.78 is 43.4. The van der Waals surface area contributed by atoms with Crippen molar-refractivity contribution in [2.45, 2.75) is 12.7 Å². The fourth-order valence-electron chi connectivity index (χ4n) is 2.07. The van der Waals surface area contributed by atoms with Crippen LogP contribution in [0.15, 0.2) is 35.1 Å². The van der Waals surface area contributed by atoms with E-state index in [9.17, 15) is 13.2 Å². The molecule has 7 nitrogen and oxygen atoms in total. The number of alkyl halides is 3. The molecule has 3 aromatic rings. The molecular weight excluding hydrogens is 369 g/mol. The zero-order chi connectivity index (χ0) is 18.9. The molecule has 0 unspecified atom stereocenters. The van der Waals surface area contributed by atoms with E-state index >= 15 is 0 Å². The smallest absolute Gasteiger partial charge is 0.366 e. The van der Waals surface area contributed by atoms with Crippen molar-refractivity contribution in [3.8, 4) is 11.4 Å². The molecule has 0 amide bonds. The fraction of sp³-hybridized carbons (Fsp3) is 0.267. The lowest BCUT2D eigenvalue weighted by Gasteiger charge is -2.09. The van der Waals surface area contributed by atoms with Gasteiger partial charge in [0.1, 0.15) is 11.3 Å². The second-order valence-electron chi connectivity index (χ2n) is 5.58.